The summed E-state index contributed by atoms with van der Waals surface area (Å²) in [5.74, 6) is 0.393. The molecule has 0 bridgehead atoms. The first-order valence-electron chi connectivity index (χ1n) is 5.91. The summed E-state index contributed by atoms with van der Waals surface area (Å²) in [6.07, 6.45) is 1.02. The van der Waals surface area contributed by atoms with Crippen LogP contribution in [-0.4, -0.2) is 24.5 Å². The van der Waals surface area contributed by atoms with Gasteiger partial charge in [0.25, 0.3) is 0 Å². The summed E-state index contributed by atoms with van der Waals surface area (Å²) in [6.45, 7) is 3.98. The third kappa shape index (κ3) is 3.35. The van der Waals surface area contributed by atoms with Crippen molar-refractivity contribution in [3.63, 3.8) is 0 Å². The highest BCUT2D eigenvalue weighted by Gasteiger charge is 2.16. The van der Waals surface area contributed by atoms with Crippen LogP contribution >= 0.6 is 0 Å². The zero-order valence-electron chi connectivity index (χ0n) is 11.1. The lowest BCUT2D eigenvalue weighted by atomic mass is 10.1. The molecule has 0 saturated carbocycles. The smallest absolute Gasteiger partial charge is 0.307 e. The molecule has 2 aromatic rings. The van der Waals surface area contributed by atoms with E-state index in [2.05, 4.69) is 5.10 Å². The third-order valence-electron chi connectivity index (χ3n) is 2.52. The fourth-order valence-corrected chi connectivity index (χ4v) is 2.06. The molecule has 1 aromatic carbocycles. The van der Waals surface area contributed by atoms with E-state index in [0.717, 1.165) is 17.6 Å². The van der Waals surface area contributed by atoms with E-state index in [-0.39, 0.29) is 11.8 Å². The zero-order chi connectivity index (χ0) is 14.0. The van der Waals surface area contributed by atoms with Gasteiger partial charge < -0.3 is 4.18 Å². The van der Waals surface area contributed by atoms with Gasteiger partial charge in [-0.05, 0) is 18.1 Å². The Bertz CT molecular complexity index is 660. The van der Waals surface area contributed by atoms with E-state index >= 15 is 0 Å². The molecule has 0 N–H and O–H groups in total. The van der Waals surface area contributed by atoms with Gasteiger partial charge in [0.15, 0.2) is 0 Å². The Labute approximate surface area is 113 Å². The average molecular weight is 280 g/mol. The fraction of sp³-hybridized carbons (Fsp3) is 0.308. The molecular formula is C13H16N2O3S. The second-order valence-electron chi connectivity index (χ2n) is 4.60. The summed E-state index contributed by atoms with van der Waals surface area (Å²) in [5.41, 5.74) is 1.54. The molecule has 0 spiro atoms. The summed E-state index contributed by atoms with van der Waals surface area (Å²) < 4.78 is 29.1. The Kier molecular flexibility index (Phi) is 3.61. The Morgan fingerprint density at radius 2 is 1.84 bits per heavy atom. The Morgan fingerprint density at radius 3 is 2.37 bits per heavy atom. The SMILES string of the molecule is CC(C)c1cc(OS(C)(=O)=O)n(-c2ccccc2)n1. The first-order valence-corrected chi connectivity index (χ1v) is 7.73. The Hall–Kier alpha value is -1.82. The van der Waals surface area contributed by atoms with Crippen LogP contribution in [0.5, 0.6) is 5.88 Å². The van der Waals surface area contributed by atoms with Crippen LogP contribution in [-0.2, 0) is 10.1 Å². The lowest BCUT2D eigenvalue weighted by Gasteiger charge is -2.06. The molecule has 1 aromatic heterocycles. The van der Waals surface area contributed by atoms with Gasteiger partial charge in [0.1, 0.15) is 0 Å². The quantitative estimate of drug-likeness (QED) is 0.806. The summed E-state index contributed by atoms with van der Waals surface area (Å²) in [4.78, 5) is 0. The van der Waals surface area contributed by atoms with Gasteiger partial charge in [-0.15, -0.1) is 0 Å². The molecule has 102 valence electrons. The molecule has 5 nitrogen and oxygen atoms in total. The molecular weight excluding hydrogens is 264 g/mol. The minimum Gasteiger partial charge on any atom is -0.362 e. The van der Waals surface area contributed by atoms with E-state index in [1.807, 2.05) is 44.2 Å². The number of benzene rings is 1. The van der Waals surface area contributed by atoms with Crippen LogP contribution in [0, 0.1) is 0 Å². The van der Waals surface area contributed by atoms with Crippen molar-refractivity contribution in [2.45, 2.75) is 19.8 Å². The molecule has 0 amide bonds. The minimum absolute atomic E-state index is 0.187. The predicted molar refractivity (Wildman–Crippen MR) is 73.1 cm³/mol. The van der Waals surface area contributed by atoms with Crippen molar-refractivity contribution >= 4 is 10.1 Å². The summed E-state index contributed by atoms with van der Waals surface area (Å²) in [6, 6.07) is 10.9. The zero-order valence-corrected chi connectivity index (χ0v) is 11.9. The first kappa shape index (κ1) is 13.6. The third-order valence-corrected chi connectivity index (χ3v) is 3.00. The molecule has 0 fully saturated rings. The van der Waals surface area contributed by atoms with E-state index in [1.54, 1.807) is 6.07 Å². The van der Waals surface area contributed by atoms with Gasteiger partial charge in [-0.2, -0.15) is 18.2 Å². The van der Waals surface area contributed by atoms with E-state index in [1.165, 1.54) is 4.68 Å². The lowest BCUT2D eigenvalue weighted by Crippen LogP contribution is -2.09. The number of hydrogen-bond donors (Lipinski definition) is 0. The van der Waals surface area contributed by atoms with Crippen LogP contribution in [0.25, 0.3) is 5.69 Å². The van der Waals surface area contributed by atoms with Gasteiger partial charge in [-0.1, -0.05) is 32.0 Å². The molecule has 0 saturated heterocycles. The highest BCUT2D eigenvalue weighted by Crippen LogP contribution is 2.24. The van der Waals surface area contributed by atoms with Gasteiger partial charge in [0.05, 0.1) is 17.6 Å². The topological polar surface area (TPSA) is 61.2 Å². The first-order chi connectivity index (χ1) is 8.87. The second kappa shape index (κ2) is 5.05. The van der Waals surface area contributed by atoms with Crippen LogP contribution in [0.15, 0.2) is 36.4 Å². The van der Waals surface area contributed by atoms with Gasteiger partial charge in [0.2, 0.25) is 5.88 Å². The van der Waals surface area contributed by atoms with E-state index < -0.39 is 10.1 Å². The van der Waals surface area contributed by atoms with Gasteiger partial charge in [0, 0.05) is 6.07 Å². The minimum atomic E-state index is -3.58. The van der Waals surface area contributed by atoms with Gasteiger partial charge >= 0.3 is 10.1 Å². The van der Waals surface area contributed by atoms with Crippen molar-refractivity contribution in [3.8, 4) is 11.6 Å². The summed E-state index contributed by atoms with van der Waals surface area (Å²) in [7, 11) is -3.58. The monoisotopic (exact) mass is 280 g/mol. The highest BCUT2D eigenvalue weighted by molar-refractivity contribution is 7.86. The lowest BCUT2D eigenvalue weighted by molar-refractivity contribution is 0.471. The molecule has 0 atom stereocenters. The van der Waals surface area contributed by atoms with E-state index in [9.17, 15) is 8.42 Å². The van der Waals surface area contributed by atoms with Crippen LogP contribution in [0.1, 0.15) is 25.5 Å². The maximum absolute atomic E-state index is 11.3. The van der Waals surface area contributed by atoms with Gasteiger partial charge in [-0.25, -0.2) is 0 Å². The fourth-order valence-electron chi connectivity index (χ4n) is 1.63. The normalized spacial score (nSPS) is 11.8. The summed E-state index contributed by atoms with van der Waals surface area (Å²) in [5, 5.41) is 4.39. The second-order valence-corrected chi connectivity index (χ2v) is 6.17. The van der Waals surface area contributed by atoms with Crippen LogP contribution in [0.3, 0.4) is 0 Å². The summed E-state index contributed by atoms with van der Waals surface area (Å²) >= 11 is 0. The number of nitrogens with zero attached hydrogens (tertiary/aromatic N) is 2. The largest absolute Gasteiger partial charge is 0.362 e. The molecule has 0 aliphatic heterocycles. The molecule has 6 heteroatoms. The molecule has 0 radical (unpaired) electrons. The number of hydrogen-bond acceptors (Lipinski definition) is 4. The Morgan fingerprint density at radius 1 is 1.21 bits per heavy atom. The van der Waals surface area contributed by atoms with Crippen molar-refractivity contribution in [2.75, 3.05) is 6.26 Å². The van der Waals surface area contributed by atoms with E-state index in [4.69, 9.17) is 4.18 Å². The van der Waals surface area contributed by atoms with Crippen molar-refractivity contribution in [1.82, 2.24) is 9.78 Å². The molecule has 0 aliphatic rings. The number of aromatic nitrogens is 2. The van der Waals surface area contributed by atoms with Crippen molar-refractivity contribution in [1.29, 1.82) is 0 Å². The standard InChI is InChI=1S/C13H16N2O3S/c1-10(2)12-9-13(18-19(3,16)17)15(14-12)11-7-5-4-6-8-11/h4-10H,1-3H3. The molecule has 0 aliphatic carbocycles. The number of para-hydroxylation sites is 1. The molecule has 0 unspecified atom stereocenters. The van der Waals surface area contributed by atoms with Crippen molar-refractivity contribution in [3.05, 3.63) is 42.1 Å². The molecule has 1 heterocycles. The molecule has 19 heavy (non-hydrogen) atoms. The predicted octanol–water partition coefficient (Wildman–Crippen LogP) is 2.33. The maximum Gasteiger partial charge on any atom is 0.307 e. The highest BCUT2D eigenvalue weighted by atomic mass is 32.2. The van der Waals surface area contributed by atoms with Crippen LogP contribution < -0.4 is 4.18 Å². The van der Waals surface area contributed by atoms with Crippen LogP contribution in [0.2, 0.25) is 0 Å². The van der Waals surface area contributed by atoms with Gasteiger partial charge in [-0.3, -0.25) is 0 Å². The maximum atomic E-state index is 11.3. The van der Waals surface area contributed by atoms with E-state index in [0.29, 0.717) is 0 Å². The number of rotatable bonds is 4. The van der Waals surface area contributed by atoms with Crippen molar-refractivity contribution < 1.29 is 12.6 Å². The van der Waals surface area contributed by atoms with Crippen molar-refractivity contribution in [2.24, 2.45) is 0 Å². The molecule has 2 rings (SSSR count). The average Bonchev–Trinajstić information content (AvgIpc) is 2.72. The Balaban J connectivity index is 2.52. The van der Waals surface area contributed by atoms with Crippen LogP contribution in [0.4, 0.5) is 0 Å².